The highest BCUT2D eigenvalue weighted by molar-refractivity contribution is 5.83. The molecule has 0 fully saturated rings. The van der Waals surface area contributed by atoms with Gasteiger partial charge in [0.2, 0.25) is 0 Å². The van der Waals surface area contributed by atoms with Crippen molar-refractivity contribution in [1.82, 2.24) is 0 Å². The van der Waals surface area contributed by atoms with E-state index in [-0.39, 0.29) is 12.6 Å². The SMILES string of the molecule is N[C@@H](Cc1ccc(-c2ccccc2-c2ccccc2)cc1)C(=O)OCc1ccccc1. The van der Waals surface area contributed by atoms with E-state index in [0.29, 0.717) is 6.42 Å². The maximum atomic E-state index is 12.3. The van der Waals surface area contributed by atoms with Crippen molar-refractivity contribution in [2.75, 3.05) is 0 Å². The van der Waals surface area contributed by atoms with Gasteiger partial charge in [0.25, 0.3) is 0 Å². The van der Waals surface area contributed by atoms with Crippen molar-refractivity contribution in [1.29, 1.82) is 0 Å². The minimum absolute atomic E-state index is 0.239. The van der Waals surface area contributed by atoms with Crippen molar-refractivity contribution in [3.8, 4) is 22.3 Å². The van der Waals surface area contributed by atoms with Gasteiger partial charge < -0.3 is 10.5 Å². The number of hydrogen-bond donors (Lipinski definition) is 1. The Morgan fingerprint density at radius 3 is 1.77 bits per heavy atom. The van der Waals surface area contributed by atoms with Gasteiger partial charge in [-0.1, -0.05) is 109 Å². The van der Waals surface area contributed by atoms with Crippen LogP contribution in [0.4, 0.5) is 0 Å². The maximum absolute atomic E-state index is 12.3. The highest BCUT2D eigenvalue weighted by atomic mass is 16.5. The number of carbonyl (C=O) groups excluding carboxylic acids is 1. The van der Waals surface area contributed by atoms with Crippen molar-refractivity contribution in [2.45, 2.75) is 19.1 Å². The number of ether oxygens (including phenoxy) is 1. The fourth-order valence-electron chi connectivity index (χ4n) is 3.60. The molecule has 0 saturated heterocycles. The van der Waals surface area contributed by atoms with Crippen molar-refractivity contribution < 1.29 is 9.53 Å². The van der Waals surface area contributed by atoms with Crippen LogP contribution in [0, 0.1) is 0 Å². The van der Waals surface area contributed by atoms with Crippen LogP contribution < -0.4 is 5.73 Å². The van der Waals surface area contributed by atoms with Gasteiger partial charge in [-0.3, -0.25) is 4.79 Å². The van der Waals surface area contributed by atoms with Gasteiger partial charge in [-0.15, -0.1) is 0 Å². The molecular formula is C28H25NO2. The number of benzene rings is 4. The van der Waals surface area contributed by atoms with E-state index in [1.807, 2.05) is 66.7 Å². The number of carbonyl (C=O) groups is 1. The van der Waals surface area contributed by atoms with E-state index in [2.05, 4.69) is 42.5 Å². The van der Waals surface area contributed by atoms with Crippen LogP contribution in [-0.4, -0.2) is 12.0 Å². The lowest BCUT2D eigenvalue weighted by Gasteiger charge is -2.13. The molecule has 0 radical (unpaired) electrons. The Bertz CT molecular complexity index is 1120. The predicted octanol–water partition coefficient (Wildman–Crippen LogP) is 5.63. The molecule has 4 rings (SSSR count). The molecule has 2 N–H and O–H groups in total. The molecule has 3 nitrogen and oxygen atoms in total. The van der Waals surface area contributed by atoms with E-state index in [1.165, 1.54) is 16.7 Å². The molecule has 0 aromatic heterocycles. The van der Waals surface area contributed by atoms with Gasteiger partial charge in [0.1, 0.15) is 12.6 Å². The third-order valence-corrected chi connectivity index (χ3v) is 5.26. The summed E-state index contributed by atoms with van der Waals surface area (Å²) in [4.78, 5) is 12.3. The monoisotopic (exact) mass is 407 g/mol. The van der Waals surface area contributed by atoms with Crippen LogP contribution in [0.5, 0.6) is 0 Å². The summed E-state index contributed by atoms with van der Waals surface area (Å²) in [5, 5.41) is 0. The highest BCUT2D eigenvalue weighted by Crippen LogP contribution is 2.32. The van der Waals surface area contributed by atoms with Gasteiger partial charge in [-0.05, 0) is 39.8 Å². The molecule has 4 aromatic rings. The lowest BCUT2D eigenvalue weighted by atomic mass is 9.93. The third-order valence-electron chi connectivity index (χ3n) is 5.26. The van der Waals surface area contributed by atoms with Crippen molar-refractivity contribution in [3.05, 3.63) is 120 Å². The van der Waals surface area contributed by atoms with Gasteiger partial charge in [0.05, 0.1) is 0 Å². The quantitative estimate of drug-likeness (QED) is 0.404. The van der Waals surface area contributed by atoms with Gasteiger partial charge in [-0.2, -0.15) is 0 Å². The summed E-state index contributed by atoms with van der Waals surface area (Å²) in [6, 6.07) is 35.9. The minimum Gasteiger partial charge on any atom is -0.460 e. The molecule has 0 saturated carbocycles. The summed E-state index contributed by atoms with van der Waals surface area (Å²) in [5.74, 6) is -0.387. The molecule has 0 aliphatic heterocycles. The second kappa shape index (κ2) is 9.88. The average Bonchev–Trinajstić information content (AvgIpc) is 2.84. The third kappa shape index (κ3) is 5.27. The zero-order valence-corrected chi connectivity index (χ0v) is 17.3. The Morgan fingerprint density at radius 1 is 0.645 bits per heavy atom. The first-order valence-electron chi connectivity index (χ1n) is 10.4. The predicted molar refractivity (Wildman–Crippen MR) is 125 cm³/mol. The molecule has 0 unspecified atom stereocenters. The summed E-state index contributed by atoms with van der Waals surface area (Å²) in [5.41, 5.74) is 12.7. The number of hydrogen-bond acceptors (Lipinski definition) is 3. The molecule has 0 amide bonds. The fourth-order valence-corrected chi connectivity index (χ4v) is 3.60. The second-order valence-corrected chi connectivity index (χ2v) is 7.51. The number of nitrogens with two attached hydrogens (primary N) is 1. The second-order valence-electron chi connectivity index (χ2n) is 7.51. The molecule has 0 aliphatic rings. The molecule has 4 aromatic carbocycles. The molecule has 1 atom stereocenters. The first kappa shape index (κ1) is 20.6. The minimum atomic E-state index is -0.689. The van der Waals surface area contributed by atoms with Crippen LogP contribution in [-0.2, 0) is 22.6 Å². The van der Waals surface area contributed by atoms with Gasteiger partial charge >= 0.3 is 5.97 Å². The Labute approximate surface area is 183 Å². The lowest BCUT2D eigenvalue weighted by Crippen LogP contribution is -2.34. The number of esters is 1. The van der Waals surface area contributed by atoms with Crippen molar-refractivity contribution >= 4 is 5.97 Å². The lowest BCUT2D eigenvalue weighted by molar-refractivity contribution is -0.146. The normalized spacial score (nSPS) is 11.6. The Morgan fingerprint density at radius 2 is 1.16 bits per heavy atom. The Balaban J connectivity index is 1.43. The van der Waals surface area contributed by atoms with Crippen molar-refractivity contribution in [3.63, 3.8) is 0 Å². The summed E-state index contributed by atoms with van der Waals surface area (Å²) < 4.78 is 5.36. The van der Waals surface area contributed by atoms with Crippen LogP contribution in [0.3, 0.4) is 0 Å². The number of rotatable bonds is 7. The highest BCUT2D eigenvalue weighted by Gasteiger charge is 2.16. The Hall–Kier alpha value is -3.69. The van der Waals surface area contributed by atoms with Gasteiger partial charge in [0.15, 0.2) is 0 Å². The standard InChI is InChI=1S/C28H25NO2/c29-27(28(30)31-20-22-9-3-1-4-10-22)19-21-15-17-24(18-16-21)26-14-8-7-13-25(26)23-11-5-2-6-12-23/h1-18,27H,19-20,29H2/t27-/m0/s1. The van der Waals surface area contributed by atoms with Crippen LogP contribution in [0.2, 0.25) is 0 Å². The summed E-state index contributed by atoms with van der Waals surface area (Å²) in [6.45, 7) is 0.239. The summed E-state index contributed by atoms with van der Waals surface area (Å²) in [7, 11) is 0. The molecule has 0 bridgehead atoms. The van der Waals surface area contributed by atoms with E-state index in [0.717, 1.165) is 16.7 Å². The molecule has 0 aliphatic carbocycles. The molecule has 31 heavy (non-hydrogen) atoms. The molecule has 0 heterocycles. The maximum Gasteiger partial charge on any atom is 0.323 e. The van der Waals surface area contributed by atoms with E-state index in [1.54, 1.807) is 0 Å². The van der Waals surface area contributed by atoms with Crippen LogP contribution in [0.15, 0.2) is 109 Å². The molecule has 3 heteroatoms. The largest absolute Gasteiger partial charge is 0.460 e. The van der Waals surface area contributed by atoms with Gasteiger partial charge in [-0.25, -0.2) is 0 Å². The van der Waals surface area contributed by atoms with Crippen LogP contribution in [0.25, 0.3) is 22.3 Å². The summed E-state index contributed by atoms with van der Waals surface area (Å²) in [6.07, 6.45) is 0.439. The fraction of sp³-hybridized carbons (Fsp3) is 0.107. The van der Waals surface area contributed by atoms with Crippen molar-refractivity contribution in [2.24, 2.45) is 5.73 Å². The molecular weight excluding hydrogens is 382 g/mol. The zero-order chi connectivity index (χ0) is 21.5. The molecule has 0 spiro atoms. The van der Waals surface area contributed by atoms with Crippen LogP contribution >= 0.6 is 0 Å². The smallest absolute Gasteiger partial charge is 0.323 e. The first-order chi connectivity index (χ1) is 15.2. The Kier molecular flexibility index (Phi) is 6.56. The van der Waals surface area contributed by atoms with Crippen LogP contribution in [0.1, 0.15) is 11.1 Å². The van der Waals surface area contributed by atoms with E-state index in [4.69, 9.17) is 10.5 Å². The van der Waals surface area contributed by atoms with E-state index < -0.39 is 6.04 Å². The van der Waals surface area contributed by atoms with Gasteiger partial charge in [0, 0.05) is 0 Å². The first-order valence-corrected chi connectivity index (χ1v) is 10.4. The average molecular weight is 408 g/mol. The molecule has 154 valence electrons. The van der Waals surface area contributed by atoms with E-state index >= 15 is 0 Å². The van der Waals surface area contributed by atoms with E-state index in [9.17, 15) is 4.79 Å². The summed E-state index contributed by atoms with van der Waals surface area (Å²) >= 11 is 0. The zero-order valence-electron chi connectivity index (χ0n) is 17.3. The topological polar surface area (TPSA) is 52.3 Å².